The first kappa shape index (κ1) is 21.6. The highest BCUT2D eigenvalue weighted by Crippen LogP contribution is 2.49. The Morgan fingerprint density at radius 3 is 2.80 bits per heavy atom. The molecule has 1 aromatic carbocycles. The Balaban J connectivity index is 1.53. The topological polar surface area (TPSA) is 49.4 Å². The highest BCUT2D eigenvalue weighted by atomic mass is 35.5. The highest BCUT2D eigenvalue weighted by molar-refractivity contribution is 7.27. The molecule has 1 saturated heterocycles. The second-order valence-corrected chi connectivity index (χ2v) is 10.2. The Kier molecular flexibility index (Phi) is 6.36. The molecule has 1 saturated carbocycles. The van der Waals surface area contributed by atoms with E-state index >= 15 is 0 Å². The maximum absolute atomic E-state index is 13.6. The minimum atomic E-state index is -0.376. The Bertz CT molecular complexity index is 897. The van der Waals surface area contributed by atoms with Crippen LogP contribution in [0.5, 0.6) is 0 Å². The van der Waals surface area contributed by atoms with Gasteiger partial charge in [-0.05, 0) is 54.1 Å². The number of nitrogens with zero attached hydrogens (tertiary/aromatic N) is 1. The van der Waals surface area contributed by atoms with Gasteiger partial charge in [0.1, 0.15) is 6.04 Å². The van der Waals surface area contributed by atoms with Gasteiger partial charge in [0, 0.05) is 23.4 Å². The molecule has 0 aromatic heterocycles. The number of allylic oxidation sites excluding steroid dienone is 3. The fraction of sp³-hybridized carbons (Fsp3) is 0.500. The van der Waals surface area contributed by atoms with E-state index in [1.807, 2.05) is 35.3 Å². The standard InChI is InChI=1S/C24H30ClN2O2P/c1-14(2)10-21-23(28)26-20(15-6-4-3-5-7-15)13-27(21)24(29)19-12-18(19)17-9-8-16(25)11-22(17)30/h3-6,8-9,11,14-15,18-21H,7,10,12-13,30H2,1-2H3,(H,26,28)/t15?,18-,19+,20+,21-/m0/s1. The van der Waals surface area contributed by atoms with Crippen LogP contribution < -0.4 is 10.6 Å². The van der Waals surface area contributed by atoms with Crippen molar-refractivity contribution in [2.24, 2.45) is 17.8 Å². The van der Waals surface area contributed by atoms with E-state index in [2.05, 4.69) is 40.6 Å². The summed E-state index contributed by atoms with van der Waals surface area (Å²) in [5.41, 5.74) is 1.17. The molecule has 2 unspecified atom stereocenters. The number of hydrogen-bond donors (Lipinski definition) is 1. The van der Waals surface area contributed by atoms with E-state index in [4.69, 9.17) is 11.6 Å². The summed E-state index contributed by atoms with van der Waals surface area (Å²) in [6.45, 7) is 4.79. The molecular weight excluding hydrogens is 415 g/mol. The molecule has 3 aliphatic rings. The second kappa shape index (κ2) is 8.85. The van der Waals surface area contributed by atoms with Crippen LogP contribution in [0.25, 0.3) is 0 Å². The molecule has 0 spiro atoms. The molecule has 4 nitrogen and oxygen atoms in total. The van der Waals surface area contributed by atoms with Gasteiger partial charge in [0.25, 0.3) is 0 Å². The van der Waals surface area contributed by atoms with Crippen LogP contribution in [0.4, 0.5) is 0 Å². The summed E-state index contributed by atoms with van der Waals surface area (Å²) in [6, 6.07) is 5.43. The van der Waals surface area contributed by atoms with Crippen molar-refractivity contribution in [2.75, 3.05) is 6.54 Å². The molecule has 1 aromatic rings. The van der Waals surface area contributed by atoms with Gasteiger partial charge in [-0.1, -0.05) is 55.8 Å². The lowest BCUT2D eigenvalue weighted by molar-refractivity contribution is -0.147. The number of amides is 2. The zero-order valence-electron chi connectivity index (χ0n) is 17.6. The Morgan fingerprint density at radius 1 is 1.33 bits per heavy atom. The quantitative estimate of drug-likeness (QED) is 0.702. The maximum atomic E-state index is 13.6. The lowest BCUT2D eigenvalue weighted by atomic mass is 9.88. The zero-order valence-corrected chi connectivity index (χ0v) is 19.5. The predicted molar refractivity (Wildman–Crippen MR) is 125 cm³/mol. The van der Waals surface area contributed by atoms with Gasteiger partial charge in [0.05, 0.1) is 6.04 Å². The number of piperazine rings is 1. The zero-order chi connectivity index (χ0) is 21.4. The van der Waals surface area contributed by atoms with Crippen molar-refractivity contribution in [1.29, 1.82) is 0 Å². The largest absolute Gasteiger partial charge is 0.349 e. The number of rotatable bonds is 5. The summed E-state index contributed by atoms with van der Waals surface area (Å²) in [7, 11) is 2.73. The molecule has 1 heterocycles. The summed E-state index contributed by atoms with van der Waals surface area (Å²) in [6.07, 6.45) is 10.8. The highest BCUT2D eigenvalue weighted by Gasteiger charge is 2.50. The monoisotopic (exact) mass is 444 g/mol. The lowest BCUT2D eigenvalue weighted by Gasteiger charge is -2.42. The third-order valence-electron chi connectivity index (χ3n) is 6.46. The number of hydrogen-bond acceptors (Lipinski definition) is 2. The van der Waals surface area contributed by atoms with Gasteiger partial charge in [-0.2, -0.15) is 0 Å². The molecule has 1 aliphatic heterocycles. The summed E-state index contributed by atoms with van der Waals surface area (Å²) in [4.78, 5) is 28.5. The van der Waals surface area contributed by atoms with Crippen molar-refractivity contribution in [2.45, 2.75) is 51.1 Å². The van der Waals surface area contributed by atoms with E-state index in [9.17, 15) is 9.59 Å². The fourth-order valence-electron chi connectivity index (χ4n) is 4.78. The average Bonchev–Trinajstić information content (AvgIpc) is 3.49. The fourth-order valence-corrected chi connectivity index (χ4v) is 5.55. The van der Waals surface area contributed by atoms with Crippen LogP contribution in [-0.2, 0) is 9.59 Å². The summed E-state index contributed by atoms with van der Waals surface area (Å²) in [5, 5.41) is 4.96. The van der Waals surface area contributed by atoms with E-state index in [1.54, 1.807) is 0 Å². The minimum Gasteiger partial charge on any atom is -0.349 e. The van der Waals surface area contributed by atoms with Crippen molar-refractivity contribution in [3.8, 4) is 0 Å². The molecule has 2 fully saturated rings. The maximum Gasteiger partial charge on any atom is 0.243 e. The molecule has 30 heavy (non-hydrogen) atoms. The molecule has 6 heteroatoms. The number of benzene rings is 1. The second-order valence-electron chi connectivity index (χ2n) is 9.19. The number of halogens is 1. The number of carbonyl (C=O) groups excluding carboxylic acids is 2. The van der Waals surface area contributed by atoms with E-state index < -0.39 is 0 Å². The van der Waals surface area contributed by atoms with Crippen LogP contribution in [0, 0.1) is 17.8 Å². The van der Waals surface area contributed by atoms with Gasteiger partial charge in [-0.25, -0.2) is 0 Å². The molecule has 0 radical (unpaired) electrons. The normalized spacial score (nSPS) is 30.5. The first-order valence-corrected chi connectivity index (χ1v) is 11.8. The smallest absolute Gasteiger partial charge is 0.243 e. The van der Waals surface area contributed by atoms with Gasteiger partial charge in [0.15, 0.2) is 0 Å². The van der Waals surface area contributed by atoms with Crippen LogP contribution in [0.15, 0.2) is 42.5 Å². The molecule has 2 amide bonds. The summed E-state index contributed by atoms with van der Waals surface area (Å²) >= 11 is 6.09. The van der Waals surface area contributed by atoms with Crippen molar-refractivity contribution in [3.05, 3.63) is 53.1 Å². The summed E-state index contributed by atoms with van der Waals surface area (Å²) in [5.74, 6) is 0.859. The molecular formula is C24H30ClN2O2P. The van der Waals surface area contributed by atoms with Crippen LogP contribution >= 0.6 is 20.8 Å². The Morgan fingerprint density at radius 2 is 2.13 bits per heavy atom. The van der Waals surface area contributed by atoms with Crippen molar-refractivity contribution in [1.82, 2.24) is 10.2 Å². The van der Waals surface area contributed by atoms with Crippen molar-refractivity contribution >= 4 is 38.0 Å². The van der Waals surface area contributed by atoms with E-state index in [-0.39, 0.29) is 41.7 Å². The van der Waals surface area contributed by atoms with Crippen LogP contribution in [0.1, 0.15) is 44.6 Å². The van der Waals surface area contributed by atoms with E-state index in [0.29, 0.717) is 23.9 Å². The van der Waals surface area contributed by atoms with Crippen LogP contribution in [0.2, 0.25) is 5.02 Å². The van der Waals surface area contributed by atoms with Crippen LogP contribution in [-0.4, -0.2) is 35.3 Å². The summed E-state index contributed by atoms with van der Waals surface area (Å²) < 4.78 is 0. The molecule has 1 N–H and O–H groups in total. The molecule has 0 bridgehead atoms. The number of nitrogens with one attached hydrogen (secondary N) is 1. The van der Waals surface area contributed by atoms with E-state index in [0.717, 1.165) is 18.1 Å². The third kappa shape index (κ3) is 4.50. The Hall–Kier alpha value is -1.64. The van der Waals surface area contributed by atoms with Crippen molar-refractivity contribution < 1.29 is 9.59 Å². The van der Waals surface area contributed by atoms with Gasteiger partial charge in [0.2, 0.25) is 11.8 Å². The first-order valence-electron chi connectivity index (χ1n) is 10.8. The number of carbonyl (C=O) groups is 2. The lowest BCUT2D eigenvalue weighted by Crippen LogP contribution is -2.63. The third-order valence-corrected chi connectivity index (χ3v) is 7.20. The van der Waals surface area contributed by atoms with Gasteiger partial charge in [-0.3, -0.25) is 9.59 Å². The minimum absolute atomic E-state index is 0.00770. The van der Waals surface area contributed by atoms with Gasteiger partial charge < -0.3 is 10.2 Å². The van der Waals surface area contributed by atoms with E-state index in [1.165, 1.54) is 5.56 Å². The van der Waals surface area contributed by atoms with Crippen LogP contribution in [0.3, 0.4) is 0 Å². The SMILES string of the molecule is CC(C)C[C@H]1C(=O)N[C@@H](C2C=CC=CC2)CN1C(=O)[C@@H]1C[C@H]1c1ccc(Cl)cc1P. The molecule has 2 aliphatic carbocycles. The molecule has 160 valence electrons. The van der Waals surface area contributed by atoms with Gasteiger partial charge >= 0.3 is 0 Å². The Labute approximate surface area is 186 Å². The average molecular weight is 445 g/mol. The molecule has 6 atom stereocenters. The predicted octanol–water partition coefficient (Wildman–Crippen LogP) is 3.82. The van der Waals surface area contributed by atoms with Gasteiger partial charge in [-0.15, -0.1) is 9.24 Å². The first-order chi connectivity index (χ1) is 14.3. The molecule has 4 rings (SSSR count). The van der Waals surface area contributed by atoms with Crippen molar-refractivity contribution in [3.63, 3.8) is 0 Å².